The molecule has 16 nitrogen and oxygen atoms in total. The van der Waals surface area contributed by atoms with Crippen molar-refractivity contribution in [3.8, 4) is 0 Å². The van der Waals surface area contributed by atoms with Gasteiger partial charge in [0.1, 0.15) is 40.4 Å². The van der Waals surface area contributed by atoms with Crippen molar-refractivity contribution in [2.75, 3.05) is 153 Å². The molecule has 0 spiro atoms. The zero-order valence-electron chi connectivity index (χ0n) is 38.6. The van der Waals surface area contributed by atoms with Gasteiger partial charge < -0.3 is 48.8 Å². The van der Waals surface area contributed by atoms with Gasteiger partial charge in [-0.3, -0.25) is 29.4 Å². The first-order valence-corrected chi connectivity index (χ1v) is 21.3. The highest BCUT2D eigenvalue weighted by atomic mass is 16.5. The Balaban J connectivity index is 0. The quantitative estimate of drug-likeness (QED) is 0.0701. The van der Waals surface area contributed by atoms with Crippen molar-refractivity contribution in [2.24, 2.45) is 35.5 Å². The van der Waals surface area contributed by atoms with E-state index in [4.69, 9.17) is 38.6 Å². The van der Waals surface area contributed by atoms with E-state index in [9.17, 15) is 10.2 Å². The zero-order valence-corrected chi connectivity index (χ0v) is 38.6. The summed E-state index contributed by atoms with van der Waals surface area (Å²) in [5.41, 5.74) is 0. The van der Waals surface area contributed by atoms with E-state index in [2.05, 4.69) is 92.9 Å². The molecule has 346 valence electrons. The van der Waals surface area contributed by atoms with Crippen molar-refractivity contribution in [2.45, 2.75) is 83.1 Å². The van der Waals surface area contributed by atoms with E-state index in [0.717, 1.165) is 52.6 Å². The lowest BCUT2D eigenvalue weighted by Gasteiger charge is -2.28. The van der Waals surface area contributed by atoms with Gasteiger partial charge in [-0.25, -0.2) is 0 Å². The maximum Gasteiger partial charge on any atom is 0.101 e. The summed E-state index contributed by atoms with van der Waals surface area (Å²) in [7, 11) is 0. The largest absolute Gasteiger partial charge is 0.381 e. The van der Waals surface area contributed by atoms with E-state index in [1.165, 1.54) is 0 Å². The highest BCUT2D eigenvalue weighted by molar-refractivity contribution is 4.65. The van der Waals surface area contributed by atoms with Crippen LogP contribution < -0.4 is 0 Å². The van der Waals surface area contributed by atoms with Gasteiger partial charge in [-0.1, -0.05) is 83.1 Å². The number of hydrogen-bond acceptors (Lipinski definition) is 16. The van der Waals surface area contributed by atoms with Crippen molar-refractivity contribution in [1.82, 2.24) is 29.4 Å². The van der Waals surface area contributed by atoms with Gasteiger partial charge in [-0.2, -0.15) is 0 Å². The van der Waals surface area contributed by atoms with Crippen LogP contribution in [0, 0.1) is 35.5 Å². The molecule has 0 aromatic carbocycles. The van der Waals surface area contributed by atoms with Crippen LogP contribution in [0.25, 0.3) is 0 Å². The average Bonchev–Trinajstić information content (AvgIpc) is 3.62. The fraction of sp³-hybridized carbons (Fsp3) is 1.00. The van der Waals surface area contributed by atoms with Crippen LogP contribution >= 0.6 is 0 Å². The normalized spacial score (nSPS) is 14.2. The molecule has 1 rings (SSSR count). The Hall–Kier alpha value is -0.640. The minimum absolute atomic E-state index is 0.0514. The molecular formula is C41H92N6O10. The van der Waals surface area contributed by atoms with Crippen LogP contribution in [0.15, 0.2) is 0 Å². The van der Waals surface area contributed by atoms with Crippen molar-refractivity contribution < 1.29 is 48.8 Å². The third-order valence-electron chi connectivity index (χ3n) is 7.75. The number of aliphatic hydroxyl groups excluding tert-OH is 4. The maximum atomic E-state index is 9.26. The molecule has 1 saturated heterocycles. The van der Waals surface area contributed by atoms with E-state index >= 15 is 0 Å². The Bertz CT molecular complexity index is 743. The molecule has 1 fully saturated rings. The van der Waals surface area contributed by atoms with Crippen LogP contribution in [0.2, 0.25) is 0 Å². The van der Waals surface area contributed by atoms with Crippen molar-refractivity contribution in [3.05, 3.63) is 0 Å². The summed E-state index contributed by atoms with van der Waals surface area (Å²) in [5, 5.41) is 35.7. The van der Waals surface area contributed by atoms with Crippen molar-refractivity contribution >= 4 is 0 Å². The number of rotatable bonds is 34. The number of hydrogen-bond donors (Lipinski definition) is 4. The van der Waals surface area contributed by atoms with Crippen LogP contribution in [-0.2, 0) is 28.4 Å². The smallest absolute Gasteiger partial charge is 0.101 e. The van der Waals surface area contributed by atoms with Gasteiger partial charge in [0, 0.05) is 39.3 Å². The van der Waals surface area contributed by atoms with Crippen LogP contribution in [0.4, 0.5) is 0 Å². The Kier molecular flexibility index (Phi) is 40.5. The topological polar surface area (TPSA) is 156 Å². The first-order chi connectivity index (χ1) is 27.1. The van der Waals surface area contributed by atoms with Crippen LogP contribution in [-0.4, -0.2) is 203 Å². The van der Waals surface area contributed by atoms with Crippen molar-refractivity contribution in [3.63, 3.8) is 0 Å². The number of aliphatic hydroxyl groups is 4. The minimum Gasteiger partial charge on any atom is -0.381 e. The monoisotopic (exact) mass is 829 g/mol. The second-order valence-electron chi connectivity index (χ2n) is 17.4. The molecule has 16 heteroatoms. The molecule has 0 aliphatic carbocycles. The lowest BCUT2D eigenvalue weighted by molar-refractivity contribution is -0.0807. The van der Waals surface area contributed by atoms with Gasteiger partial charge in [-0.05, 0) is 35.5 Å². The molecule has 0 radical (unpaired) electrons. The van der Waals surface area contributed by atoms with Gasteiger partial charge in [0.15, 0.2) is 0 Å². The predicted octanol–water partition coefficient (Wildman–Crippen LogP) is 3.32. The fourth-order valence-corrected chi connectivity index (χ4v) is 4.69. The van der Waals surface area contributed by atoms with Gasteiger partial charge >= 0.3 is 0 Å². The molecule has 0 saturated carbocycles. The summed E-state index contributed by atoms with van der Waals surface area (Å²) in [6.07, 6.45) is 0. The van der Waals surface area contributed by atoms with E-state index in [1.807, 2.05) is 9.80 Å². The highest BCUT2D eigenvalue weighted by Gasteiger charge is 2.17. The van der Waals surface area contributed by atoms with Gasteiger partial charge in [-0.15, -0.1) is 0 Å². The first-order valence-electron chi connectivity index (χ1n) is 21.3. The van der Waals surface area contributed by atoms with Crippen LogP contribution in [0.1, 0.15) is 83.1 Å². The molecule has 0 atom stereocenters. The highest BCUT2D eigenvalue weighted by Crippen LogP contribution is 2.04. The Labute approximate surface area is 349 Å². The minimum atomic E-state index is -0.0514. The summed E-state index contributed by atoms with van der Waals surface area (Å²) < 4.78 is 34.3. The Morgan fingerprint density at radius 2 is 0.579 bits per heavy atom. The fourth-order valence-electron chi connectivity index (χ4n) is 4.69. The zero-order chi connectivity index (χ0) is 43.4. The number of ether oxygens (including phenoxy) is 6. The summed E-state index contributed by atoms with van der Waals surface area (Å²) in [6.45, 7) is 38.7. The van der Waals surface area contributed by atoms with Crippen molar-refractivity contribution in [1.29, 1.82) is 0 Å². The third kappa shape index (κ3) is 40.5. The second-order valence-corrected chi connectivity index (χ2v) is 17.4. The van der Waals surface area contributed by atoms with Crippen LogP contribution in [0.3, 0.4) is 0 Å². The van der Waals surface area contributed by atoms with Gasteiger partial charge in [0.25, 0.3) is 0 Å². The summed E-state index contributed by atoms with van der Waals surface area (Å²) >= 11 is 0. The molecule has 57 heavy (non-hydrogen) atoms. The summed E-state index contributed by atoms with van der Waals surface area (Å²) in [6, 6.07) is 0. The lowest BCUT2D eigenvalue weighted by atomic mass is 10.2. The third-order valence-corrected chi connectivity index (χ3v) is 7.75. The van der Waals surface area contributed by atoms with E-state index in [0.29, 0.717) is 109 Å². The molecule has 0 amide bonds. The molecule has 0 bridgehead atoms. The standard InChI is InChI=1S/C22H48N2O4.C14H32N2O4.C5H12N2O2/c1-19(2)11-25-15-23(16-26-12-20(3)4)9-10-24(17-27-13-21(5)6)18-28-14-22(7)8;1-13(2)7-19-11-15(9-17)5-6-16(10-18)12-20-8-14(3)4;8-4-6-1-2-7(3-6)5-9/h19-22H,9-18H2,1-8H3;13-14,17-18H,5-12H2,1-4H3;8-9H,1-5H2. The summed E-state index contributed by atoms with van der Waals surface area (Å²) in [5.74, 6) is 3.09. The van der Waals surface area contributed by atoms with E-state index in [-0.39, 0.29) is 26.9 Å². The predicted molar refractivity (Wildman–Crippen MR) is 227 cm³/mol. The molecular weight excluding hydrogens is 736 g/mol. The van der Waals surface area contributed by atoms with E-state index < -0.39 is 0 Å². The molecule has 0 unspecified atom stereocenters. The maximum absolute atomic E-state index is 9.26. The average molecular weight is 829 g/mol. The summed E-state index contributed by atoms with van der Waals surface area (Å²) in [4.78, 5) is 11.7. The number of nitrogens with zero attached hydrogens (tertiary/aromatic N) is 6. The molecule has 4 N–H and O–H groups in total. The molecule has 1 heterocycles. The first kappa shape index (κ1) is 58.5. The van der Waals surface area contributed by atoms with E-state index in [1.54, 1.807) is 9.80 Å². The van der Waals surface area contributed by atoms with Gasteiger partial charge in [0.05, 0.1) is 73.2 Å². The molecule has 1 aliphatic rings. The molecule has 0 aromatic rings. The molecule has 0 aromatic heterocycles. The van der Waals surface area contributed by atoms with Gasteiger partial charge in [0.2, 0.25) is 0 Å². The Morgan fingerprint density at radius 1 is 0.368 bits per heavy atom. The second kappa shape index (κ2) is 39.5. The van der Waals surface area contributed by atoms with Crippen LogP contribution in [0.5, 0.6) is 0 Å². The molecule has 1 aliphatic heterocycles. The SMILES string of the molecule is CC(C)COCN(CCN(COCC(C)C)COCC(C)C)COCC(C)C.CC(C)COCN(CO)CCN(CO)COCC(C)C.OCN1CCN(CO)C1. The lowest BCUT2D eigenvalue weighted by Crippen LogP contribution is -2.40. The Morgan fingerprint density at radius 3 is 0.754 bits per heavy atom.